The molecule has 0 bridgehead atoms. The molecule has 1 aliphatic carbocycles. The average Bonchev–Trinajstić information content (AvgIpc) is 3.52. The summed E-state index contributed by atoms with van der Waals surface area (Å²) >= 11 is 0. The summed E-state index contributed by atoms with van der Waals surface area (Å²) in [5.74, 6) is 0.923. The Labute approximate surface area is 178 Å². The van der Waals surface area contributed by atoms with Crippen molar-refractivity contribution in [2.45, 2.75) is 39.2 Å². The van der Waals surface area contributed by atoms with Gasteiger partial charge in [0.05, 0.1) is 11.4 Å². The van der Waals surface area contributed by atoms with Crippen LogP contribution in [0.1, 0.15) is 43.7 Å². The molecule has 2 fully saturated rings. The maximum Gasteiger partial charge on any atom is 0.327 e. The van der Waals surface area contributed by atoms with Crippen LogP contribution in [0.4, 0.5) is 16.2 Å². The predicted octanol–water partition coefficient (Wildman–Crippen LogP) is 4.28. The van der Waals surface area contributed by atoms with Crippen molar-refractivity contribution in [1.29, 1.82) is 0 Å². The number of carbonyl (C=O) groups is 2. The number of urea groups is 1. The second-order valence-electron chi connectivity index (χ2n) is 8.76. The number of nitrogens with one attached hydrogen (secondary N) is 1. The van der Waals surface area contributed by atoms with Crippen LogP contribution in [0.15, 0.2) is 36.4 Å². The van der Waals surface area contributed by atoms with Crippen LogP contribution in [0.25, 0.3) is 11.1 Å². The lowest BCUT2D eigenvalue weighted by Crippen LogP contribution is -2.29. The largest absolute Gasteiger partial charge is 0.397 e. The Balaban J connectivity index is 1.55. The number of nitrogens with two attached hydrogens (primary N) is 1. The SMILES string of the molecule is CC(C)c1c(-c2ccc(CN3CC(=O)N(C)C3=O)cc2)ccc(NCC2CC2)c1N. The molecule has 6 nitrogen and oxygen atoms in total. The quantitative estimate of drug-likeness (QED) is 0.531. The number of imide groups is 1. The van der Waals surface area contributed by atoms with Crippen LogP contribution >= 0.6 is 0 Å². The summed E-state index contributed by atoms with van der Waals surface area (Å²) in [7, 11) is 1.52. The van der Waals surface area contributed by atoms with E-state index in [1.807, 2.05) is 12.1 Å². The molecular formula is C24H30N4O2. The highest BCUT2D eigenvalue weighted by Crippen LogP contribution is 2.38. The first-order valence-corrected chi connectivity index (χ1v) is 10.7. The van der Waals surface area contributed by atoms with Crippen molar-refractivity contribution in [3.63, 3.8) is 0 Å². The average molecular weight is 407 g/mol. The van der Waals surface area contributed by atoms with Gasteiger partial charge in [0, 0.05) is 20.1 Å². The molecule has 30 heavy (non-hydrogen) atoms. The summed E-state index contributed by atoms with van der Waals surface area (Å²) in [5.41, 5.74) is 12.8. The Morgan fingerprint density at radius 1 is 1.10 bits per heavy atom. The third kappa shape index (κ3) is 3.99. The first kappa shape index (κ1) is 20.3. The molecule has 1 heterocycles. The fourth-order valence-electron chi connectivity index (χ4n) is 4.03. The molecule has 0 atom stereocenters. The lowest BCUT2D eigenvalue weighted by Gasteiger charge is -2.20. The number of nitrogen functional groups attached to an aromatic ring is 1. The first-order chi connectivity index (χ1) is 14.3. The number of likely N-dealkylation sites (N-methyl/N-ethyl adjacent to an activating group) is 1. The molecular weight excluding hydrogens is 376 g/mol. The molecule has 2 aromatic carbocycles. The van der Waals surface area contributed by atoms with Crippen LogP contribution in [0, 0.1) is 5.92 Å². The number of carbonyl (C=O) groups excluding carboxylic acids is 2. The van der Waals surface area contributed by atoms with Gasteiger partial charge in [0.1, 0.15) is 6.54 Å². The number of benzene rings is 2. The standard InChI is InChI=1S/C24H30N4O2/c1-15(2)22-19(10-11-20(23(22)25)26-12-16-4-5-16)18-8-6-17(7-9-18)13-28-14-21(29)27(3)24(28)30/h6-11,15-16,26H,4-5,12-14,25H2,1-3H3. The number of hydrogen-bond acceptors (Lipinski definition) is 4. The van der Waals surface area contributed by atoms with Crippen molar-refractivity contribution >= 4 is 23.3 Å². The van der Waals surface area contributed by atoms with Crippen molar-refractivity contribution in [3.05, 3.63) is 47.5 Å². The molecule has 4 rings (SSSR count). The molecule has 3 amide bonds. The Morgan fingerprint density at radius 3 is 2.37 bits per heavy atom. The van der Waals surface area contributed by atoms with Crippen molar-refractivity contribution in [3.8, 4) is 11.1 Å². The van der Waals surface area contributed by atoms with Gasteiger partial charge in [-0.05, 0) is 53.0 Å². The maximum atomic E-state index is 12.1. The monoisotopic (exact) mass is 406 g/mol. The van der Waals surface area contributed by atoms with Gasteiger partial charge in [0.25, 0.3) is 0 Å². The van der Waals surface area contributed by atoms with Crippen molar-refractivity contribution in [2.24, 2.45) is 5.92 Å². The second-order valence-corrected chi connectivity index (χ2v) is 8.76. The zero-order valence-corrected chi connectivity index (χ0v) is 17.9. The predicted molar refractivity (Wildman–Crippen MR) is 120 cm³/mol. The molecule has 0 spiro atoms. The van der Waals surface area contributed by atoms with Crippen LogP contribution < -0.4 is 11.1 Å². The third-order valence-electron chi connectivity index (χ3n) is 6.04. The molecule has 0 unspecified atom stereocenters. The van der Waals surface area contributed by atoms with Gasteiger partial charge in [-0.2, -0.15) is 0 Å². The van der Waals surface area contributed by atoms with E-state index in [1.165, 1.54) is 24.8 Å². The molecule has 3 N–H and O–H groups in total. The van der Waals surface area contributed by atoms with Crippen LogP contribution in [-0.2, 0) is 11.3 Å². The topological polar surface area (TPSA) is 78.7 Å². The van der Waals surface area contributed by atoms with E-state index in [9.17, 15) is 9.59 Å². The summed E-state index contributed by atoms with van der Waals surface area (Å²) in [4.78, 5) is 26.6. The third-order valence-corrected chi connectivity index (χ3v) is 6.04. The van der Waals surface area contributed by atoms with Crippen LogP contribution in [-0.4, -0.2) is 41.9 Å². The minimum Gasteiger partial charge on any atom is -0.397 e. The zero-order valence-electron chi connectivity index (χ0n) is 17.9. The van der Waals surface area contributed by atoms with E-state index in [0.29, 0.717) is 12.5 Å². The first-order valence-electron chi connectivity index (χ1n) is 10.7. The molecule has 0 radical (unpaired) electrons. The van der Waals surface area contributed by atoms with Gasteiger partial charge < -0.3 is 16.0 Å². The van der Waals surface area contributed by atoms with Gasteiger partial charge in [-0.3, -0.25) is 9.69 Å². The number of hydrogen-bond donors (Lipinski definition) is 2. The maximum absolute atomic E-state index is 12.1. The van der Waals surface area contributed by atoms with Crippen molar-refractivity contribution in [2.75, 3.05) is 31.2 Å². The second kappa shape index (κ2) is 8.01. The van der Waals surface area contributed by atoms with Gasteiger partial charge in [-0.25, -0.2) is 4.79 Å². The van der Waals surface area contributed by atoms with E-state index in [0.717, 1.165) is 46.1 Å². The van der Waals surface area contributed by atoms with Gasteiger partial charge in [0.15, 0.2) is 0 Å². The number of nitrogens with zero attached hydrogens (tertiary/aromatic N) is 2. The van der Waals surface area contributed by atoms with Gasteiger partial charge in [-0.15, -0.1) is 0 Å². The summed E-state index contributed by atoms with van der Waals surface area (Å²) in [6.07, 6.45) is 2.61. The summed E-state index contributed by atoms with van der Waals surface area (Å²) < 4.78 is 0. The smallest absolute Gasteiger partial charge is 0.327 e. The highest BCUT2D eigenvalue weighted by atomic mass is 16.2. The van der Waals surface area contributed by atoms with Gasteiger partial charge >= 0.3 is 6.03 Å². The van der Waals surface area contributed by atoms with E-state index in [1.54, 1.807) is 4.90 Å². The molecule has 1 aliphatic heterocycles. The summed E-state index contributed by atoms with van der Waals surface area (Å²) in [6, 6.07) is 12.2. The lowest BCUT2D eigenvalue weighted by molar-refractivity contribution is -0.124. The molecule has 1 saturated heterocycles. The highest BCUT2D eigenvalue weighted by molar-refractivity contribution is 6.01. The van der Waals surface area contributed by atoms with Crippen molar-refractivity contribution < 1.29 is 9.59 Å². The van der Waals surface area contributed by atoms with Gasteiger partial charge in [0.2, 0.25) is 5.91 Å². The summed E-state index contributed by atoms with van der Waals surface area (Å²) in [6.45, 7) is 5.89. The number of rotatable bonds is 7. The van der Waals surface area contributed by atoms with Crippen LogP contribution in [0.3, 0.4) is 0 Å². The number of anilines is 2. The van der Waals surface area contributed by atoms with E-state index >= 15 is 0 Å². The van der Waals surface area contributed by atoms with Crippen LogP contribution in [0.2, 0.25) is 0 Å². The van der Waals surface area contributed by atoms with Gasteiger partial charge in [-0.1, -0.05) is 44.2 Å². The number of amides is 3. The molecule has 6 heteroatoms. The summed E-state index contributed by atoms with van der Waals surface area (Å²) in [5, 5.41) is 3.52. The molecule has 2 aromatic rings. The zero-order chi connectivity index (χ0) is 21.4. The normalized spacial score (nSPS) is 16.7. The minimum atomic E-state index is -0.242. The lowest BCUT2D eigenvalue weighted by atomic mass is 9.90. The molecule has 1 saturated carbocycles. The van der Waals surface area contributed by atoms with E-state index in [2.05, 4.69) is 43.4 Å². The Kier molecular flexibility index (Phi) is 5.41. The van der Waals surface area contributed by atoms with E-state index in [4.69, 9.17) is 5.73 Å². The van der Waals surface area contributed by atoms with Crippen molar-refractivity contribution in [1.82, 2.24) is 9.80 Å². The fourth-order valence-corrected chi connectivity index (χ4v) is 4.03. The Hall–Kier alpha value is -3.02. The minimum absolute atomic E-state index is 0.139. The molecule has 158 valence electrons. The highest BCUT2D eigenvalue weighted by Gasteiger charge is 2.32. The fraction of sp³-hybridized carbons (Fsp3) is 0.417. The Bertz CT molecular complexity index is 964. The van der Waals surface area contributed by atoms with E-state index in [-0.39, 0.29) is 18.5 Å². The molecule has 2 aliphatic rings. The Morgan fingerprint density at radius 2 is 1.80 bits per heavy atom. The van der Waals surface area contributed by atoms with Crippen LogP contribution in [0.5, 0.6) is 0 Å². The molecule has 0 aromatic heterocycles. The van der Waals surface area contributed by atoms with E-state index < -0.39 is 0 Å².